The summed E-state index contributed by atoms with van der Waals surface area (Å²) in [6, 6.07) is 5.45. The SMILES string of the molecule is COC(=O)C(C)Oc1ccc(C)cc1C(C)O. The summed E-state index contributed by atoms with van der Waals surface area (Å²) in [5.41, 5.74) is 1.69. The summed E-state index contributed by atoms with van der Waals surface area (Å²) in [5, 5.41) is 9.64. The molecule has 1 aromatic carbocycles. The van der Waals surface area contributed by atoms with Crippen molar-refractivity contribution >= 4 is 5.97 Å². The molecule has 0 amide bonds. The molecule has 1 rings (SSSR count). The number of aliphatic hydroxyl groups excluding tert-OH is 1. The molecule has 0 spiro atoms. The third-order valence-corrected chi connectivity index (χ3v) is 2.45. The Kier molecular flexibility index (Phi) is 4.52. The van der Waals surface area contributed by atoms with Crippen molar-refractivity contribution in [2.45, 2.75) is 33.0 Å². The van der Waals surface area contributed by atoms with Crippen LogP contribution in [-0.4, -0.2) is 24.3 Å². The molecule has 0 bridgehead atoms. The minimum atomic E-state index is -0.694. The van der Waals surface area contributed by atoms with Gasteiger partial charge in [0.15, 0.2) is 6.10 Å². The molecule has 0 radical (unpaired) electrons. The molecule has 1 N–H and O–H groups in total. The molecule has 0 aromatic heterocycles. The second-order valence-corrected chi connectivity index (χ2v) is 4.00. The monoisotopic (exact) mass is 238 g/mol. The maximum atomic E-state index is 11.3. The van der Waals surface area contributed by atoms with Crippen LogP contribution in [0, 0.1) is 6.92 Å². The highest BCUT2D eigenvalue weighted by atomic mass is 16.6. The van der Waals surface area contributed by atoms with E-state index in [0.717, 1.165) is 5.56 Å². The number of aliphatic hydroxyl groups is 1. The van der Waals surface area contributed by atoms with Crippen LogP contribution in [0.4, 0.5) is 0 Å². The van der Waals surface area contributed by atoms with Crippen molar-refractivity contribution in [3.63, 3.8) is 0 Å². The van der Waals surface area contributed by atoms with Crippen LogP contribution >= 0.6 is 0 Å². The number of esters is 1. The maximum absolute atomic E-state index is 11.3. The van der Waals surface area contributed by atoms with Gasteiger partial charge >= 0.3 is 5.97 Å². The zero-order valence-electron chi connectivity index (χ0n) is 10.6. The predicted molar refractivity (Wildman–Crippen MR) is 63.9 cm³/mol. The molecule has 0 aliphatic heterocycles. The third-order valence-electron chi connectivity index (χ3n) is 2.45. The van der Waals surface area contributed by atoms with Crippen LogP contribution < -0.4 is 4.74 Å². The fourth-order valence-corrected chi connectivity index (χ4v) is 1.51. The van der Waals surface area contributed by atoms with Crippen LogP contribution in [0.15, 0.2) is 18.2 Å². The topological polar surface area (TPSA) is 55.8 Å². The first-order valence-corrected chi connectivity index (χ1v) is 5.48. The molecule has 0 saturated heterocycles. The highest BCUT2D eigenvalue weighted by Crippen LogP contribution is 2.27. The summed E-state index contributed by atoms with van der Waals surface area (Å²) in [5.74, 6) is 0.0608. The number of hydrogen-bond acceptors (Lipinski definition) is 4. The Morgan fingerprint density at radius 3 is 2.53 bits per heavy atom. The normalized spacial score (nSPS) is 13.9. The van der Waals surface area contributed by atoms with Gasteiger partial charge in [0, 0.05) is 5.56 Å². The van der Waals surface area contributed by atoms with E-state index in [-0.39, 0.29) is 0 Å². The quantitative estimate of drug-likeness (QED) is 0.815. The summed E-state index contributed by atoms with van der Waals surface area (Å²) in [4.78, 5) is 11.3. The summed E-state index contributed by atoms with van der Waals surface area (Å²) in [6.45, 7) is 5.20. The number of aryl methyl sites for hydroxylation is 1. The first-order chi connectivity index (χ1) is 7.95. The van der Waals surface area contributed by atoms with E-state index < -0.39 is 18.2 Å². The average molecular weight is 238 g/mol. The lowest BCUT2D eigenvalue weighted by molar-refractivity contribution is -0.147. The smallest absolute Gasteiger partial charge is 0.346 e. The summed E-state index contributed by atoms with van der Waals surface area (Å²) in [7, 11) is 1.31. The molecule has 0 heterocycles. The van der Waals surface area contributed by atoms with Crippen molar-refractivity contribution in [3.05, 3.63) is 29.3 Å². The van der Waals surface area contributed by atoms with Gasteiger partial charge in [-0.2, -0.15) is 0 Å². The van der Waals surface area contributed by atoms with Gasteiger partial charge in [0.25, 0.3) is 0 Å². The molecule has 1 aromatic rings. The van der Waals surface area contributed by atoms with E-state index in [1.807, 2.05) is 19.1 Å². The van der Waals surface area contributed by atoms with Gasteiger partial charge in [-0.15, -0.1) is 0 Å². The second-order valence-electron chi connectivity index (χ2n) is 4.00. The van der Waals surface area contributed by atoms with Crippen LogP contribution in [0.2, 0.25) is 0 Å². The van der Waals surface area contributed by atoms with Crippen molar-refractivity contribution in [1.29, 1.82) is 0 Å². The van der Waals surface area contributed by atoms with E-state index in [1.54, 1.807) is 19.9 Å². The minimum absolute atomic E-state index is 0.442. The number of carbonyl (C=O) groups excluding carboxylic acids is 1. The molecule has 94 valence electrons. The maximum Gasteiger partial charge on any atom is 0.346 e. The Morgan fingerprint density at radius 2 is 2.00 bits per heavy atom. The Bertz CT molecular complexity index is 398. The Labute approximate surface area is 101 Å². The van der Waals surface area contributed by atoms with E-state index in [1.165, 1.54) is 7.11 Å². The molecule has 17 heavy (non-hydrogen) atoms. The standard InChI is InChI=1S/C13H18O4/c1-8-5-6-12(11(7-8)9(2)14)17-10(3)13(15)16-4/h5-7,9-10,14H,1-4H3. The van der Waals surface area contributed by atoms with Crippen LogP contribution in [0.25, 0.3) is 0 Å². The van der Waals surface area contributed by atoms with Crippen LogP contribution in [0.1, 0.15) is 31.1 Å². The molecule has 0 aliphatic rings. The van der Waals surface area contributed by atoms with E-state index in [4.69, 9.17) is 4.74 Å². The molecule has 4 nitrogen and oxygen atoms in total. The van der Waals surface area contributed by atoms with Crippen molar-refractivity contribution in [3.8, 4) is 5.75 Å². The minimum Gasteiger partial charge on any atom is -0.479 e. The molecule has 0 aliphatic carbocycles. The lowest BCUT2D eigenvalue weighted by atomic mass is 10.1. The molecule has 4 heteroatoms. The number of methoxy groups -OCH3 is 1. The zero-order chi connectivity index (χ0) is 13.0. The van der Waals surface area contributed by atoms with Crippen LogP contribution in [0.5, 0.6) is 5.75 Å². The highest BCUT2D eigenvalue weighted by molar-refractivity contribution is 5.74. The molecule has 0 fully saturated rings. The Morgan fingerprint density at radius 1 is 1.35 bits per heavy atom. The Hall–Kier alpha value is -1.55. The summed E-state index contributed by atoms with van der Waals surface area (Å²) < 4.78 is 10.1. The van der Waals surface area contributed by atoms with Crippen molar-refractivity contribution in [2.24, 2.45) is 0 Å². The first-order valence-electron chi connectivity index (χ1n) is 5.48. The molecule has 2 atom stereocenters. The fraction of sp³-hybridized carbons (Fsp3) is 0.462. The van der Waals surface area contributed by atoms with Crippen molar-refractivity contribution in [2.75, 3.05) is 7.11 Å². The average Bonchev–Trinajstić information content (AvgIpc) is 2.29. The fourth-order valence-electron chi connectivity index (χ4n) is 1.51. The van der Waals surface area contributed by atoms with Gasteiger partial charge in [0.1, 0.15) is 5.75 Å². The van der Waals surface area contributed by atoms with Gasteiger partial charge in [-0.05, 0) is 32.9 Å². The highest BCUT2D eigenvalue weighted by Gasteiger charge is 2.18. The molecular formula is C13H18O4. The molecule has 2 unspecified atom stereocenters. The molecular weight excluding hydrogens is 220 g/mol. The summed E-state index contributed by atoms with van der Waals surface area (Å²) in [6.07, 6.45) is -1.34. The second kappa shape index (κ2) is 5.68. The van der Waals surface area contributed by atoms with E-state index in [0.29, 0.717) is 11.3 Å². The number of rotatable bonds is 4. The van der Waals surface area contributed by atoms with E-state index >= 15 is 0 Å². The van der Waals surface area contributed by atoms with Crippen molar-refractivity contribution in [1.82, 2.24) is 0 Å². The predicted octanol–water partition coefficient (Wildman–Crippen LogP) is 1.99. The number of carbonyl (C=O) groups is 1. The number of ether oxygens (including phenoxy) is 2. The van der Waals surface area contributed by atoms with Crippen LogP contribution in [0.3, 0.4) is 0 Å². The number of benzene rings is 1. The van der Waals surface area contributed by atoms with Gasteiger partial charge in [-0.3, -0.25) is 0 Å². The van der Waals surface area contributed by atoms with Gasteiger partial charge in [-0.25, -0.2) is 4.79 Å². The molecule has 0 saturated carbocycles. The van der Waals surface area contributed by atoms with Gasteiger partial charge < -0.3 is 14.6 Å². The number of hydrogen-bond donors (Lipinski definition) is 1. The Balaban J connectivity index is 2.94. The van der Waals surface area contributed by atoms with Crippen LogP contribution in [-0.2, 0) is 9.53 Å². The lowest BCUT2D eigenvalue weighted by Crippen LogP contribution is -2.25. The third kappa shape index (κ3) is 3.46. The largest absolute Gasteiger partial charge is 0.479 e. The van der Waals surface area contributed by atoms with Crippen molar-refractivity contribution < 1.29 is 19.4 Å². The van der Waals surface area contributed by atoms with Gasteiger partial charge in [0.2, 0.25) is 0 Å². The zero-order valence-corrected chi connectivity index (χ0v) is 10.6. The van der Waals surface area contributed by atoms with E-state index in [9.17, 15) is 9.90 Å². The first kappa shape index (κ1) is 13.5. The van der Waals surface area contributed by atoms with Gasteiger partial charge in [0.05, 0.1) is 13.2 Å². The van der Waals surface area contributed by atoms with Gasteiger partial charge in [-0.1, -0.05) is 11.6 Å². The lowest BCUT2D eigenvalue weighted by Gasteiger charge is -2.17. The van der Waals surface area contributed by atoms with E-state index in [2.05, 4.69) is 4.74 Å². The summed E-state index contributed by atoms with van der Waals surface area (Å²) >= 11 is 0.